The summed E-state index contributed by atoms with van der Waals surface area (Å²) in [6, 6.07) is 15.4. The van der Waals surface area contributed by atoms with Crippen molar-refractivity contribution in [2.45, 2.75) is 19.9 Å². The van der Waals surface area contributed by atoms with E-state index in [9.17, 15) is 9.59 Å². The van der Waals surface area contributed by atoms with Gasteiger partial charge >= 0.3 is 6.09 Å². The molecule has 3 aromatic rings. The molecule has 0 unspecified atom stereocenters. The van der Waals surface area contributed by atoms with Crippen LogP contribution in [-0.4, -0.2) is 66.6 Å². The highest BCUT2D eigenvalue weighted by Gasteiger charge is 2.26. The molecule has 1 aromatic heterocycles. The highest BCUT2D eigenvalue weighted by atomic mass is 35.5. The number of pyridine rings is 1. The van der Waals surface area contributed by atoms with Crippen molar-refractivity contribution in [3.05, 3.63) is 64.7 Å². The molecular weight excluding hydrogens is 452 g/mol. The zero-order chi connectivity index (χ0) is 24.1. The van der Waals surface area contributed by atoms with Crippen LogP contribution in [0.3, 0.4) is 0 Å². The lowest BCUT2D eigenvalue weighted by Gasteiger charge is -2.34. The number of amides is 2. The van der Waals surface area contributed by atoms with Gasteiger partial charge in [-0.1, -0.05) is 48.9 Å². The lowest BCUT2D eigenvalue weighted by molar-refractivity contribution is 0.0560. The molecule has 1 aliphatic rings. The van der Waals surface area contributed by atoms with Crippen LogP contribution in [0.1, 0.15) is 29.3 Å². The molecular formula is C26H29ClN4O3. The van der Waals surface area contributed by atoms with E-state index in [-0.39, 0.29) is 12.0 Å². The monoisotopic (exact) mass is 480 g/mol. The first-order valence-electron chi connectivity index (χ1n) is 11.6. The van der Waals surface area contributed by atoms with E-state index in [2.05, 4.69) is 17.4 Å². The predicted octanol–water partition coefficient (Wildman–Crippen LogP) is 4.58. The zero-order valence-electron chi connectivity index (χ0n) is 19.5. The van der Waals surface area contributed by atoms with Crippen LogP contribution in [0.2, 0.25) is 5.02 Å². The third-order valence-corrected chi connectivity index (χ3v) is 6.20. The van der Waals surface area contributed by atoms with E-state index in [1.165, 1.54) is 5.56 Å². The standard InChI is InChI=1S/C26H29ClN4O3/c1-3-14-34-26(33)31-12-10-30(11-13-31)25(32)20-8-9-21-22(27)16-23(29-24(21)15-20)19-6-4-18(5-7-19)17-28-2/h4-9,15-16,28H,3,10-14,17H2,1-2H3. The normalized spacial score (nSPS) is 13.9. The molecule has 0 aliphatic carbocycles. The average Bonchev–Trinajstić information content (AvgIpc) is 2.87. The molecule has 1 fully saturated rings. The lowest BCUT2D eigenvalue weighted by atomic mass is 10.1. The molecule has 1 aliphatic heterocycles. The van der Waals surface area contributed by atoms with Crippen LogP contribution in [-0.2, 0) is 11.3 Å². The summed E-state index contributed by atoms with van der Waals surface area (Å²) in [6.45, 7) is 5.01. The molecule has 2 heterocycles. The minimum absolute atomic E-state index is 0.0804. The van der Waals surface area contributed by atoms with Crippen molar-refractivity contribution in [2.75, 3.05) is 39.8 Å². The first kappa shape index (κ1) is 24.0. The number of aromatic nitrogens is 1. The lowest BCUT2D eigenvalue weighted by Crippen LogP contribution is -2.50. The zero-order valence-corrected chi connectivity index (χ0v) is 20.3. The van der Waals surface area contributed by atoms with Gasteiger partial charge in [0.2, 0.25) is 0 Å². The number of ether oxygens (including phenoxy) is 1. The van der Waals surface area contributed by atoms with Crippen LogP contribution < -0.4 is 5.32 Å². The minimum Gasteiger partial charge on any atom is -0.449 e. The number of benzene rings is 2. The van der Waals surface area contributed by atoms with Crippen LogP contribution in [0.4, 0.5) is 4.79 Å². The van der Waals surface area contributed by atoms with Gasteiger partial charge in [0.1, 0.15) is 0 Å². The number of carbonyl (C=O) groups excluding carboxylic acids is 2. The molecule has 1 saturated heterocycles. The Bertz CT molecular complexity index is 1170. The Balaban J connectivity index is 1.51. The quantitative estimate of drug-likeness (QED) is 0.559. The smallest absolute Gasteiger partial charge is 0.409 e. The Morgan fingerprint density at radius 3 is 2.41 bits per heavy atom. The maximum atomic E-state index is 13.2. The van der Waals surface area contributed by atoms with Gasteiger partial charge < -0.3 is 19.9 Å². The number of rotatable bonds is 6. The van der Waals surface area contributed by atoms with Crippen LogP contribution in [0, 0.1) is 0 Å². The van der Waals surface area contributed by atoms with E-state index >= 15 is 0 Å². The predicted molar refractivity (Wildman–Crippen MR) is 134 cm³/mol. The highest BCUT2D eigenvalue weighted by Crippen LogP contribution is 2.29. The van der Waals surface area contributed by atoms with E-state index in [0.29, 0.717) is 48.9 Å². The van der Waals surface area contributed by atoms with E-state index in [0.717, 1.165) is 29.6 Å². The van der Waals surface area contributed by atoms with Gasteiger partial charge in [-0.25, -0.2) is 9.78 Å². The number of piperazine rings is 1. The molecule has 178 valence electrons. The highest BCUT2D eigenvalue weighted by molar-refractivity contribution is 6.35. The van der Waals surface area contributed by atoms with Crippen molar-refractivity contribution in [1.82, 2.24) is 20.1 Å². The minimum atomic E-state index is -0.315. The van der Waals surface area contributed by atoms with Crippen LogP contribution >= 0.6 is 11.6 Å². The van der Waals surface area contributed by atoms with Crippen molar-refractivity contribution in [2.24, 2.45) is 0 Å². The molecule has 2 aromatic carbocycles. The molecule has 34 heavy (non-hydrogen) atoms. The summed E-state index contributed by atoms with van der Waals surface area (Å²) >= 11 is 6.56. The fourth-order valence-electron chi connectivity index (χ4n) is 4.02. The molecule has 0 saturated carbocycles. The molecule has 1 N–H and O–H groups in total. The Kier molecular flexibility index (Phi) is 7.65. The second-order valence-corrected chi connectivity index (χ2v) is 8.75. The number of nitrogens with zero attached hydrogens (tertiary/aromatic N) is 3. The van der Waals surface area contributed by atoms with Gasteiger partial charge in [0.25, 0.3) is 5.91 Å². The molecule has 0 atom stereocenters. The molecule has 2 amide bonds. The maximum Gasteiger partial charge on any atom is 0.409 e. The number of nitrogens with one attached hydrogen (secondary N) is 1. The Morgan fingerprint density at radius 1 is 1.03 bits per heavy atom. The fourth-order valence-corrected chi connectivity index (χ4v) is 4.28. The van der Waals surface area contributed by atoms with Crippen molar-refractivity contribution in [3.8, 4) is 11.3 Å². The third kappa shape index (κ3) is 5.32. The number of hydrogen-bond donors (Lipinski definition) is 1. The SMILES string of the molecule is CCCOC(=O)N1CCN(C(=O)c2ccc3c(Cl)cc(-c4ccc(CNC)cc4)nc3c2)CC1. The molecule has 4 rings (SSSR count). The summed E-state index contributed by atoms with van der Waals surface area (Å²) in [5, 5.41) is 4.54. The Labute approximate surface area is 204 Å². The molecule has 0 bridgehead atoms. The van der Waals surface area contributed by atoms with Crippen LogP contribution in [0.25, 0.3) is 22.2 Å². The van der Waals surface area contributed by atoms with Crippen molar-refractivity contribution in [3.63, 3.8) is 0 Å². The first-order chi connectivity index (χ1) is 16.5. The van der Waals surface area contributed by atoms with E-state index in [4.69, 9.17) is 21.3 Å². The molecule has 8 heteroatoms. The summed E-state index contributed by atoms with van der Waals surface area (Å²) < 4.78 is 5.20. The largest absolute Gasteiger partial charge is 0.449 e. The topological polar surface area (TPSA) is 74.8 Å². The van der Waals surface area contributed by atoms with Gasteiger partial charge in [-0.05, 0) is 37.2 Å². The van der Waals surface area contributed by atoms with Crippen LogP contribution in [0.15, 0.2) is 48.5 Å². The van der Waals surface area contributed by atoms with Gasteiger partial charge in [0.05, 0.1) is 22.8 Å². The van der Waals surface area contributed by atoms with E-state index in [1.54, 1.807) is 21.9 Å². The van der Waals surface area contributed by atoms with E-state index in [1.807, 2.05) is 38.2 Å². The van der Waals surface area contributed by atoms with Gasteiger partial charge in [-0.3, -0.25) is 4.79 Å². The number of carbonyl (C=O) groups is 2. The molecule has 0 radical (unpaired) electrons. The van der Waals surface area contributed by atoms with Gasteiger partial charge in [0, 0.05) is 49.2 Å². The third-order valence-electron chi connectivity index (χ3n) is 5.89. The van der Waals surface area contributed by atoms with Crippen molar-refractivity contribution in [1.29, 1.82) is 0 Å². The van der Waals surface area contributed by atoms with Gasteiger partial charge in [-0.2, -0.15) is 0 Å². The first-order valence-corrected chi connectivity index (χ1v) is 11.9. The molecule has 7 nitrogen and oxygen atoms in total. The van der Waals surface area contributed by atoms with Crippen LogP contribution in [0.5, 0.6) is 0 Å². The Hall–Kier alpha value is -3.16. The number of halogens is 1. The average molecular weight is 481 g/mol. The second-order valence-electron chi connectivity index (χ2n) is 8.34. The summed E-state index contributed by atoms with van der Waals surface area (Å²) in [5.41, 5.74) is 4.14. The maximum absolute atomic E-state index is 13.2. The van der Waals surface area contributed by atoms with Crippen molar-refractivity contribution >= 4 is 34.5 Å². The number of fused-ring (bicyclic) bond motifs is 1. The van der Waals surface area contributed by atoms with Crippen molar-refractivity contribution < 1.29 is 14.3 Å². The van der Waals surface area contributed by atoms with Gasteiger partial charge in [0.15, 0.2) is 0 Å². The molecule has 0 spiro atoms. The summed E-state index contributed by atoms with van der Waals surface area (Å²) in [5.74, 6) is -0.0804. The summed E-state index contributed by atoms with van der Waals surface area (Å²) in [7, 11) is 1.92. The summed E-state index contributed by atoms with van der Waals surface area (Å²) in [6.07, 6.45) is 0.470. The summed E-state index contributed by atoms with van der Waals surface area (Å²) in [4.78, 5) is 33.4. The fraction of sp³-hybridized carbons (Fsp3) is 0.346. The van der Waals surface area contributed by atoms with E-state index < -0.39 is 0 Å². The van der Waals surface area contributed by atoms with Gasteiger partial charge in [-0.15, -0.1) is 0 Å². The second kappa shape index (κ2) is 10.8. The number of hydrogen-bond acceptors (Lipinski definition) is 5. The Morgan fingerprint density at radius 2 is 1.74 bits per heavy atom.